The van der Waals surface area contributed by atoms with Gasteiger partial charge in [0.2, 0.25) is 0 Å². The first kappa shape index (κ1) is 28.6. The van der Waals surface area contributed by atoms with Crippen molar-refractivity contribution >= 4 is 26.7 Å². The summed E-state index contributed by atoms with van der Waals surface area (Å²) in [6.07, 6.45) is 3.27. The third-order valence-electron chi connectivity index (χ3n) is 7.81. The number of rotatable bonds is 9. The highest BCUT2D eigenvalue weighted by Crippen LogP contribution is 2.39. The number of fused-ring (bicyclic) bond motifs is 1. The van der Waals surface area contributed by atoms with E-state index in [1.54, 1.807) is 55.5 Å². The van der Waals surface area contributed by atoms with Crippen molar-refractivity contribution in [3.8, 4) is 5.75 Å². The summed E-state index contributed by atoms with van der Waals surface area (Å²) in [5.74, 6) is -1.24. The van der Waals surface area contributed by atoms with Crippen LogP contribution in [0.25, 0.3) is 11.0 Å². The zero-order valence-corrected chi connectivity index (χ0v) is 24.1. The molecule has 1 aliphatic heterocycles. The summed E-state index contributed by atoms with van der Waals surface area (Å²) in [6.45, 7) is 5.95. The lowest BCUT2D eigenvalue weighted by Gasteiger charge is -2.34. The lowest BCUT2D eigenvalue weighted by Crippen LogP contribution is -2.40. The number of hydrogen-bond acceptors (Lipinski definition) is 7. The number of sulfonamides is 1. The van der Waals surface area contributed by atoms with Crippen LogP contribution in [0.3, 0.4) is 0 Å². The van der Waals surface area contributed by atoms with Crippen molar-refractivity contribution in [3.63, 3.8) is 0 Å². The maximum Gasteiger partial charge on any atom is 0.343 e. The van der Waals surface area contributed by atoms with Gasteiger partial charge in [0.15, 0.2) is 0 Å². The highest BCUT2D eigenvalue weighted by molar-refractivity contribution is 7.89. The fourth-order valence-corrected chi connectivity index (χ4v) is 6.43. The zero-order chi connectivity index (χ0) is 29.0. The Labute approximate surface area is 240 Å². The molecule has 5 rings (SSSR count). The Kier molecular flexibility index (Phi) is 8.56. The Morgan fingerprint density at radius 3 is 2.34 bits per heavy atom. The Morgan fingerprint density at radius 1 is 0.976 bits per heavy atom. The Morgan fingerprint density at radius 2 is 1.63 bits per heavy atom. The lowest BCUT2D eigenvalue weighted by atomic mass is 9.78. The van der Waals surface area contributed by atoms with E-state index >= 15 is 0 Å². The molecule has 2 N–H and O–H groups in total. The molecule has 4 aromatic rings. The molecule has 1 saturated heterocycles. The number of piperidine rings is 1. The van der Waals surface area contributed by atoms with Gasteiger partial charge in [0, 0.05) is 24.1 Å². The maximum atomic E-state index is 13.5. The second kappa shape index (κ2) is 12.3. The van der Waals surface area contributed by atoms with Crippen LogP contribution >= 0.6 is 0 Å². The van der Waals surface area contributed by atoms with Gasteiger partial charge in [-0.2, -0.15) is 13.5 Å². The molecule has 0 saturated carbocycles. The molecule has 2 atom stereocenters. The first-order valence-electron chi connectivity index (χ1n) is 13.9. The van der Waals surface area contributed by atoms with Crippen molar-refractivity contribution < 1.29 is 17.9 Å². The molecule has 0 unspecified atom stereocenters. The van der Waals surface area contributed by atoms with Crippen molar-refractivity contribution in [1.29, 1.82) is 0 Å². The van der Waals surface area contributed by atoms with Crippen LogP contribution in [-0.2, 0) is 10.0 Å². The first-order chi connectivity index (χ1) is 19.7. The van der Waals surface area contributed by atoms with Crippen LogP contribution in [0.15, 0.2) is 98.1 Å². The fraction of sp³-hybridized carbons (Fsp3) is 0.312. The SMILES string of the molecule is C/C(=N\NS(=O)(=O)c1ccc(C)cc1)[C@@H](CN1CCCCC1)[C@@H](c1ccccc1)c1c(O)c2ccccc2oc1=O. The van der Waals surface area contributed by atoms with E-state index in [9.17, 15) is 18.3 Å². The molecule has 0 aliphatic carbocycles. The van der Waals surface area contributed by atoms with Gasteiger partial charge in [-0.3, -0.25) is 0 Å². The summed E-state index contributed by atoms with van der Waals surface area (Å²) in [4.78, 5) is 18.4. The third-order valence-corrected chi connectivity index (χ3v) is 9.03. The Hall–Kier alpha value is -3.95. The van der Waals surface area contributed by atoms with E-state index in [-0.39, 0.29) is 16.2 Å². The van der Waals surface area contributed by atoms with E-state index < -0.39 is 27.5 Å². The van der Waals surface area contributed by atoms with Crippen molar-refractivity contribution in [3.05, 3.63) is 106 Å². The van der Waals surface area contributed by atoms with Gasteiger partial charge >= 0.3 is 5.63 Å². The minimum atomic E-state index is -3.92. The quantitative estimate of drug-likeness (QED) is 0.158. The summed E-state index contributed by atoms with van der Waals surface area (Å²) in [6, 6.07) is 22.9. The monoisotopic (exact) mass is 573 g/mol. The van der Waals surface area contributed by atoms with E-state index in [0.717, 1.165) is 43.5 Å². The molecular weight excluding hydrogens is 538 g/mol. The fourth-order valence-electron chi connectivity index (χ4n) is 5.57. The van der Waals surface area contributed by atoms with Crippen LogP contribution in [0.5, 0.6) is 5.75 Å². The molecule has 0 radical (unpaired) electrons. The lowest BCUT2D eigenvalue weighted by molar-refractivity contribution is 0.207. The Balaban J connectivity index is 1.63. The molecule has 1 aromatic heterocycles. The molecule has 1 aliphatic rings. The van der Waals surface area contributed by atoms with E-state index in [4.69, 9.17) is 4.42 Å². The average molecular weight is 574 g/mol. The van der Waals surface area contributed by atoms with Crippen molar-refractivity contribution in [2.24, 2.45) is 11.0 Å². The number of nitrogens with one attached hydrogen (secondary N) is 1. The first-order valence-corrected chi connectivity index (χ1v) is 15.4. The van der Waals surface area contributed by atoms with Crippen molar-refractivity contribution in [2.45, 2.75) is 43.9 Å². The van der Waals surface area contributed by atoms with E-state index in [0.29, 0.717) is 23.2 Å². The predicted molar refractivity (Wildman–Crippen MR) is 161 cm³/mol. The molecule has 41 heavy (non-hydrogen) atoms. The number of hydrazone groups is 1. The van der Waals surface area contributed by atoms with Crippen LogP contribution in [0.1, 0.15) is 48.8 Å². The molecule has 0 bridgehead atoms. The topological polar surface area (TPSA) is 112 Å². The summed E-state index contributed by atoms with van der Waals surface area (Å²) >= 11 is 0. The standard InChI is InChI=1S/C32H35N3O5S/c1-22-15-17-25(18-16-22)41(38,39)34-33-23(2)27(21-35-19-9-4-10-20-35)29(24-11-5-3-6-12-24)30-31(36)26-13-7-8-14-28(26)40-32(30)37/h3,5-8,11-18,27,29,34,36H,4,9-10,19-21H2,1-2H3/b33-23+/t27-,29-/m1/s1. The number of benzene rings is 3. The molecule has 214 valence electrons. The van der Waals surface area contributed by atoms with E-state index in [1.807, 2.05) is 37.3 Å². The molecule has 8 nitrogen and oxygen atoms in total. The minimum absolute atomic E-state index is 0.111. The number of aromatic hydroxyl groups is 1. The molecular formula is C32H35N3O5S. The van der Waals surface area contributed by atoms with Crippen LogP contribution in [0.2, 0.25) is 0 Å². The molecule has 9 heteroatoms. The van der Waals surface area contributed by atoms with E-state index in [2.05, 4.69) is 14.8 Å². The average Bonchev–Trinajstić information content (AvgIpc) is 2.98. The summed E-state index contributed by atoms with van der Waals surface area (Å²) < 4.78 is 31.9. The zero-order valence-electron chi connectivity index (χ0n) is 23.3. The van der Waals surface area contributed by atoms with Gasteiger partial charge in [-0.25, -0.2) is 9.63 Å². The van der Waals surface area contributed by atoms with Crippen LogP contribution in [0, 0.1) is 12.8 Å². The number of nitrogens with zero attached hydrogens (tertiary/aromatic N) is 2. The number of likely N-dealkylation sites (tertiary alicyclic amines) is 1. The molecule has 3 aromatic carbocycles. The van der Waals surface area contributed by atoms with Gasteiger partial charge in [0.1, 0.15) is 11.3 Å². The number of hydrogen-bond donors (Lipinski definition) is 2. The summed E-state index contributed by atoms with van der Waals surface area (Å²) in [5.41, 5.74) is 2.04. The highest BCUT2D eigenvalue weighted by atomic mass is 32.2. The minimum Gasteiger partial charge on any atom is -0.507 e. The largest absolute Gasteiger partial charge is 0.507 e. The molecule has 2 heterocycles. The number of para-hydroxylation sites is 1. The smallest absolute Gasteiger partial charge is 0.343 e. The normalized spacial score (nSPS) is 16.4. The highest BCUT2D eigenvalue weighted by Gasteiger charge is 2.35. The van der Waals surface area contributed by atoms with Crippen molar-refractivity contribution in [1.82, 2.24) is 9.73 Å². The van der Waals surface area contributed by atoms with Gasteiger partial charge in [-0.15, -0.1) is 0 Å². The van der Waals surface area contributed by atoms with Crippen LogP contribution in [-0.4, -0.2) is 43.8 Å². The predicted octanol–water partition coefficient (Wildman–Crippen LogP) is 5.40. The Bertz CT molecular complexity index is 1690. The third kappa shape index (κ3) is 6.36. The van der Waals surface area contributed by atoms with E-state index in [1.165, 1.54) is 0 Å². The van der Waals surface area contributed by atoms with Crippen LogP contribution < -0.4 is 10.5 Å². The summed E-state index contributed by atoms with van der Waals surface area (Å²) in [7, 11) is -3.92. The van der Waals surface area contributed by atoms with Gasteiger partial charge < -0.3 is 14.4 Å². The molecule has 0 amide bonds. The maximum absolute atomic E-state index is 13.5. The van der Waals surface area contributed by atoms with Crippen molar-refractivity contribution in [2.75, 3.05) is 19.6 Å². The van der Waals surface area contributed by atoms with Gasteiger partial charge in [0.25, 0.3) is 10.0 Å². The van der Waals surface area contributed by atoms with Gasteiger partial charge in [-0.05, 0) is 69.6 Å². The second-order valence-electron chi connectivity index (χ2n) is 10.7. The van der Waals surface area contributed by atoms with Crippen LogP contribution in [0.4, 0.5) is 0 Å². The molecule has 1 fully saturated rings. The van der Waals surface area contributed by atoms with Gasteiger partial charge in [-0.1, -0.05) is 66.6 Å². The number of aryl methyl sites for hydroxylation is 1. The summed E-state index contributed by atoms with van der Waals surface area (Å²) in [5, 5.41) is 16.3. The second-order valence-corrected chi connectivity index (χ2v) is 12.3. The van der Waals surface area contributed by atoms with Gasteiger partial charge in [0.05, 0.1) is 15.8 Å². The molecule has 0 spiro atoms.